The highest BCUT2D eigenvalue weighted by atomic mass is 16.5. The fourth-order valence-corrected chi connectivity index (χ4v) is 3.79. The van der Waals surface area contributed by atoms with Gasteiger partial charge in [-0.15, -0.1) is 0 Å². The standard InChI is InChI=1S/C19H27NO2/c1-3-8-20(9-4-2)16-10-15-11-17-14(6-5-7-18(17)21)12-19(15)22-13-16/h11-12,16H,3-10,13H2,1-2H3. The zero-order chi connectivity index (χ0) is 15.5. The molecule has 1 unspecified atom stereocenters. The van der Waals surface area contributed by atoms with Crippen molar-refractivity contribution in [3.63, 3.8) is 0 Å². The highest BCUT2D eigenvalue weighted by Gasteiger charge is 2.27. The van der Waals surface area contributed by atoms with Crippen LogP contribution < -0.4 is 4.74 Å². The van der Waals surface area contributed by atoms with Gasteiger partial charge in [-0.1, -0.05) is 13.8 Å². The molecule has 1 atom stereocenters. The van der Waals surface area contributed by atoms with Crippen molar-refractivity contribution in [3.8, 4) is 5.75 Å². The Morgan fingerprint density at radius 3 is 2.64 bits per heavy atom. The van der Waals surface area contributed by atoms with Gasteiger partial charge in [-0.3, -0.25) is 9.69 Å². The number of rotatable bonds is 5. The van der Waals surface area contributed by atoms with Crippen LogP contribution in [0.15, 0.2) is 12.1 Å². The van der Waals surface area contributed by atoms with Gasteiger partial charge < -0.3 is 4.74 Å². The zero-order valence-electron chi connectivity index (χ0n) is 13.9. The molecule has 0 fully saturated rings. The highest BCUT2D eigenvalue weighted by Crippen LogP contribution is 2.33. The predicted molar refractivity (Wildman–Crippen MR) is 88.9 cm³/mol. The molecule has 0 saturated carbocycles. The molecule has 2 aliphatic rings. The lowest BCUT2D eigenvalue weighted by molar-refractivity contribution is 0.0970. The molecule has 0 saturated heterocycles. The van der Waals surface area contributed by atoms with Gasteiger partial charge in [0, 0.05) is 18.0 Å². The van der Waals surface area contributed by atoms with Crippen molar-refractivity contribution in [2.24, 2.45) is 0 Å². The topological polar surface area (TPSA) is 29.5 Å². The molecule has 0 amide bonds. The Labute approximate surface area is 133 Å². The molecule has 0 N–H and O–H groups in total. The maximum absolute atomic E-state index is 12.1. The van der Waals surface area contributed by atoms with Gasteiger partial charge in [0.1, 0.15) is 12.4 Å². The summed E-state index contributed by atoms with van der Waals surface area (Å²) in [6, 6.07) is 4.69. The van der Waals surface area contributed by atoms with E-state index in [1.807, 2.05) is 0 Å². The molecule has 3 heteroatoms. The van der Waals surface area contributed by atoms with Crippen LogP contribution in [0.3, 0.4) is 0 Å². The molecular weight excluding hydrogens is 274 g/mol. The largest absolute Gasteiger partial charge is 0.492 e. The van der Waals surface area contributed by atoms with E-state index < -0.39 is 0 Å². The smallest absolute Gasteiger partial charge is 0.163 e. The third kappa shape index (κ3) is 3.05. The number of aryl methyl sites for hydroxylation is 1. The Hall–Kier alpha value is -1.35. The van der Waals surface area contributed by atoms with E-state index in [0.717, 1.165) is 50.3 Å². The number of ketones is 1. The van der Waals surface area contributed by atoms with Crippen molar-refractivity contribution in [2.75, 3.05) is 19.7 Å². The first-order valence-corrected chi connectivity index (χ1v) is 8.78. The molecular formula is C19H27NO2. The van der Waals surface area contributed by atoms with Gasteiger partial charge >= 0.3 is 0 Å². The van der Waals surface area contributed by atoms with Crippen LogP contribution in [-0.2, 0) is 12.8 Å². The van der Waals surface area contributed by atoms with Crippen molar-refractivity contribution in [3.05, 3.63) is 28.8 Å². The number of carbonyl (C=O) groups excluding carboxylic acids is 1. The molecule has 1 aromatic carbocycles. The van der Waals surface area contributed by atoms with Gasteiger partial charge in [0.2, 0.25) is 0 Å². The van der Waals surface area contributed by atoms with E-state index in [0.29, 0.717) is 18.2 Å². The Morgan fingerprint density at radius 1 is 1.14 bits per heavy atom. The number of hydrogen-bond acceptors (Lipinski definition) is 3. The molecule has 1 aliphatic carbocycles. The second kappa shape index (κ2) is 6.82. The third-order valence-corrected chi connectivity index (χ3v) is 4.86. The van der Waals surface area contributed by atoms with Crippen molar-refractivity contribution >= 4 is 5.78 Å². The van der Waals surface area contributed by atoms with E-state index in [2.05, 4.69) is 30.9 Å². The minimum absolute atomic E-state index is 0.310. The Kier molecular flexibility index (Phi) is 4.82. The molecule has 1 heterocycles. The van der Waals surface area contributed by atoms with E-state index in [9.17, 15) is 4.79 Å². The summed E-state index contributed by atoms with van der Waals surface area (Å²) in [4.78, 5) is 14.7. The first kappa shape index (κ1) is 15.5. The molecule has 1 aliphatic heterocycles. The molecule has 3 nitrogen and oxygen atoms in total. The molecule has 0 radical (unpaired) electrons. The van der Waals surface area contributed by atoms with Crippen molar-refractivity contribution in [1.29, 1.82) is 0 Å². The lowest BCUT2D eigenvalue weighted by Crippen LogP contribution is -2.44. The van der Waals surface area contributed by atoms with Crippen molar-refractivity contribution in [1.82, 2.24) is 4.90 Å². The number of hydrogen-bond donors (Lipinski definition) is 0. The van der Waals surface area contributed by atoms with Crippen LogP contribution in [0.2, 0.25) is 0 Å². The van der Waals surface area contributed by atoms with E-state index in [1.54, 1.807) is 0 Å². The number of Topliss-reactive ketones (excluding diaryl/α,β-unsaturated/α-hetero) is 1. The first-order chi connectivity index (χ1) is 10.7. The summed E-state index contributed by atoms with van der Waals surface area (Å²) in [5.41, 5.74) is 3.36. The molecule has 0 aromatic heterocycles. The summed E-state index contributed by atoms with van der Waals surface area (Å²) in [7, 11) is 0. The van der Waals surface area contributed by atoms with Crippen LogP contribution in [0, 0.1) is 0 Å². The summed E-state index contributed by atoms with van der Waals surface area (Å²) in [6.07, 6.45) is 6.05. The lowest BCUT2D eigenvalue weighted by atomic mass is 9.87. The average molecular weight is 301 g/mol. The monoisotopic (exact) mass is 301 g/mol. The first-order valence-electron chi connectivity index (χ1n) is 8.78. The summed E-state index contributed by atoms with van der Waals surface area (Å²) in [5.74, 6) is 1.32. The van der Waals surface area contributed by atoms with E-state index in [1.165, 1.54) is 24.0 Å². The van der Waals surface area contributed by atoms with Crippen LogP contribution in [0.25, 0.3) is 0 Å². The summed E-state index contributed by atoms with van der Waals surface area (Å²) in [6.45, 7) is 7.49. The van der Waals surface area contributed by atoms with Crippen LogP contribution in [-0.4, -0.2) is 36.4 Å². The van der Waals surface area contributed by atoms with Crippen LogP contribution in [0.5, 0.6) is 5.75 Å². The molecule has 0 bridgehead atoms. The summed E-state index contributed by atoms with van der Waals surface area (Å²) in [5, 5.41) is 0. The molecule has 0 spiro atoms. The SMILES string of the molecule is CCCN(CCC)C1COc2cc3c(cc2C1)C(=O)CCC3. The van der Waals surface area contributed by atoms with E-state index >= 15 is 0 Å². The van der Waals surface area contributed by atoms with Gasteiger partial charge in [-0.25, -0.2) is 0 Å². The molecule has 1 aromatic rings. The minimum Gasteiger partial charge on any atom is -0.492 e. The number of nitrogens with zero attached hydrogens (tertiary/aromatic N) is 1. The fourth-order valence-electron chi connectivity index (χ4n) is 3.79. The van der Waals surface area contributed by atoms with Gasteiger partial charge in [0.25, 0.3) is 0 Å². The Balaban J connectivity index is 1.82. The second-order valence-corrected chi connectivity index (χ2v) is 6.60. The fraction of sp³-hybridized carbons (Fsp3) is 0.632. The zero-order valence-corrected chi connectivity index (χ0v) is 13.9. The van der Waals surface area contributed by atoms with Gasteiger partial charge in [0.05, 0.1) is 0 Å². The number of carbonyl (C=O) groups is 1. The molecule has 120 valence electrons. The second-order valence-electron chi connectivity index (χ2n) is 6.60. The molecule has 3 rings (SSSR count). The Bertz CT molecular complexity index is 547. The average Bonchev–Trinajstić information content (AvgIpc) is 2.53. The highest BCUT2D eigenvalue weighted by molar-refractivity contribution is 5.98. The third-order valence-electron chi connectivity index (χ3n) is 4.86. The van der Waals surface area contributed by atoms with Crippen LogP contribution in [0.4, 0.5) is 0 Å². The minimum atomic E-state index is 0.310. The Morgan fingerprint density at radius 2 is 1.91 bits per heavy atom. The summed E-state index contributed by atoms with van der Waals surface area (Å²) >= 11 is 0. The maximum atomic E-state index is 12.1. The number of fused-ring (bicyclic) bond motifs is 2. The normalized spacial score (nSPS) is 20.5. The van der Waals surface area contributed by atoms with Crippen molar-refractivity contribution < 1.29 is 9.53 Å². The molecule has 22 heavy (non-hydrogen) atoms. The lowest BCUT2D eigenvalue weighted by Gasteiger charge is -2.35. The van der Waals surface area contributed by atoms with Gasteiger partial charge in [-0.2, -0.15) is 0 Å². The van der Waals surface area contributed by atoms with Crippen LogP contribution in [0.1, 0.15) is 61.0 Å². The van der Waals surface area contributed by atoms with Gasteiger partial charge in [-0.05, 0) is 68.5 Å². The maximum Gasteiger partial charge on any atom is 0.163 e. The van der Waals surface area contributed by atoms with Crippen LogP contribution >= 0.6 is 0 Å². The van der Waals surface area contributed by atoms with E-state index in [-0.39, 0.29) is 0 Å². The van der Waals surface area contributed by atoms with Crippen molar-refractivity contribution in [2.45, 2.75) is 58.4 Å². The quantitative estimate of drug-likeness (QED) is 0.831. The number of benzene rings is 1. The number of ether oxygens (including phenoxy) is 1. The van der Waals surface area contributed by atoms with E-state index in [4.69, 9.17) is 4.74 Å². The summed E-state index contributed by atoms with van der Waals surface area (Å²) < 4.78 is 6.06. The predicted octanol–water partition coefficient (Wildman–Crippen LogP) is 3.63. The van der Waals surface area contributed by atoms with Gasteiger partial charge in [0.15, 0.2) is 5.78 Å².